The summed E-state index contributed by atoms with van der Waals surface area (Å²) in [7, 11) is 0. The minimum atomic E-state index is 0.0982. The Morgan fingerprint density at radius 2 is 1.58 bits per heavy atom. The van der Waals surface area contributed by atoms with E-state index in [1.54, 1.807) is 0 Å². The Morgan fingerprint density at radius 1 is 0.871 bits per heavy atom. The van der Waals surface area contributed by atoms with E-state index in [0.717, 1.165) is 42.1 Å². The van der Waals surface area contributed by atoms with Crippen molar-refractivity contribution in [2.75, 3.05) is 17.2 Å². The number of hydrogen-bond acceptors (Lipinski definition) is 4. The molecule has 31 heavy (non-hydrogen) atoms. The van der Waals surface area contributed by atoms with Gasteiger partial charge in [-0.1, -0.05) is 78.5 Å². The zero-order chi connectivity index (χ0) is 21.0. The second kappa shape index (κ2) is 8.78. The van der Waals surface area contributed by atoms with Crippen LogP contribution in [0.2, 0.25) is 0 Å². The number of rotatable bonds is 5. The molecule has 2 heterocycles. The smallest absolute Gasteiger partial charge is 0.237 e. The number of nitrogens with zero attached hydrogens (tertiary/aromatic N) is 4. The highest BCUT2D eigenvalue weighted by molar-refractivity contribution is 7.99. The van der Waals surface area contributed by atoms with E-state index in [4.69, 9.17) is 0 Å². The van der Waals surface area contributed by atoms with Crippen molar-refractivity contribution in [1.29, 1.82) is 0 Å². The van der Waals surface area contributed by atoms with Gasteiger partial charge in [0.15, 0.2) is 11.0 Å². The van der Waals surface area contributed by atoms with Gasteiger partial charge in [-0.15, -0.1) is 10.2 Å². The maximum atomic E-state index is 13.1. The number of hydrogen-bond donors (Lipinski definition) is 0. The molecule has 0 aliphatic carbocycles. The van der Waals surface area contributed by atoms with Crippen molar-refractivity contribution >= 4 is 23.4 Å². The van der Waals surface area contributed by atoms with Gasteiger partial charge >= 0.3 is 0 Å². The molecule has 1 aliphatic rings. The highest BCUT2D eigenvalue weighted by Gasteiger charge is 2.23. The molecule has 5 nitrogen and oxygen atoms in total. The molecule has 5 rings (SSSR count). The molecule has 3 aromatic carbocycles. The van der Waals surface area contributed by atoms with Crippen LogP contribution in [0.15, 0.2) is 90.1 Å². The van der Waals surface area contributed by atoms with Gasteiger partial charge in [-0.3, -0.25) is 9.36 Å². The maximum absolute atomic E-state index is 13.1. The molecule has 1 aliphatic heterocycles. The second-order valence-corrected chi connectivity index (χ2v) is 8.35. The zero-order valence-electron chi connectivity index (χ0n) is 17.0. The minimum Gasteiger partial charge on any atom is -0.311 e. The lowest BCUT2D eigenvalue weighted by molar-refractivity contribution is -0.116. The number of thioether (sulfide) groups is 1. The number of anilines is 1. The second-order valence-electron chi connectivity index (χ2n) is 7.41. The van der Waals surface area contributed by atoms with Crippen LogP contribution in [0.25, 0.3) is 17.1 Å². The minimum absolute atomic E-state index is 0.0982. The van der Waals surface area contributed by atoms with Crippen LogP contribution < -0.4 is 4.90 Å². The number of aromatic nitrogens is 3. The van der Waals surface area contributed by atoms with Crippen LogP contribution in [-0.4, -0.2) is 33.0 Å². The lowest BCUT2D eigenvalue weighted by Crippen LogP contribution is -2.36. The Bertz CT molecular complexity index is 1190. The van der Waals surface area contributed by atoms with Crippen molar-refractivity contribution < 1.29 is 4.79 Å². The van der Waals surface area contributed by atoms with E-state index in [-0.39, 0.29) is 5.91 Å². The van der Waals surface area contributed by atoms with Crippen LogP contribution in [0.1, 0.15) is 12.0 Å². The first-order valence-electron chi connectivity index (χ1n) is 10.4. The molecule has 0 fully saturated rings. The Kier molecular flexibility index (Phi) is 5.54. The van der Waals surface area contributed by atoms with Crippen LogP contribution in [0.3, 0.4) is 0 Å². The fourth-order valence-electron chi connectivity index (χ4n) is 3.94. The molecule has 0 unspecified atom stereocenters. The summed E-state index contributed by atoms with van der Waals surface area (Å²) in [4.78, 5) is 15.0. The highest BCUT2D eigenvalue weighted by Crippen LogP contribution is 2.30. The van der Waals surface area contributed by atoms with Crippen molar-refractivity contribution in [3.8, 4) is 17.1 Å². The predicted octanol–water partition coefficient (Wildman–Crippen LogP) is 5.01. The van der Waals surface area contributed by atoms with Gasteiger partial charge in [-0.2, -0.15) is 0 Å². The van der Waals surface area contributed by atoms with E-state index in [9.17, 15) is 4.79 Å². The molecule has 1 amide bonds. The summed E-state index contributed by atoms with van der Waals surface area (Å²) in [6, 6.07) is 28.2. The number of aryl methyl sites for hydroxylation is 1. The number of benzene rings is 3. The lowest BCUT2D eigenvalue weighted by atomic mass is 10.0. The molecule has 4 aromatic rings. The SMILES string of the molecule is O=C(CSc1nnc(-c2ccccc2)n1-c1ccccc1)N1CCCc2ccccc21. The van der Waals surface area contributed by atoms with Crippen molar-refractivity contribution in [2.45, 2.75) is 18.0 Å². The average Bonchev–Trinajstić information content (AvgIpc) is 3.27. The molecule has 0 radical (unpaired) electrons. The van der Waals surface area contributed by atoms with Crippen LogP contribution in [-0.2, 0) is 11.2 Å². The maximum Gasteiger partial charge on any atom is 0.237 e. The van der Waals surface area contributed by atoms with Gasteiger partial charge in [0, 0.05) is 23.5 Å². The number of carbonyl (C=O) groups is 1. The van der Waals surface area contributed by atoms with E-state index in [1.165, 1.54) is 17.3 Å². The topological polar surface area (TPSA) is 51.0 Å². The van der Waals surface area contributed by atoms with E-state index >= 15 is 0 Å². The molecule has 0 spiro atoms. The largest absolute Gasteiger partial charge is 0.311 e. The van der Waals surface area contributed by atoms with Crippen molar-refractivity contribution in [3.63, 3.8) is 0 Å². The first-order chi connectivity index (χ1) is 15.3. The zero-order valence-corrected chi connectivity index (χ0v) is 17.8. The summed E-state index contributed by atoms with van der Waals surface area (Å²) >= 11 is 1.43. The molecular formula is C25H22N4OS. The monoisotopic (exact) mass is 426 g/mol. The summed E-state index contributed by atoms with van der Waals surface area (Å²) in [6.07, 6.45) is 2.02. The first kappa shape index (κ1) is 19.6. The number of carbonyl (C=O) groups excluding carboxylic acids is 1. The molecule has 0 saturated heterocycles. The number of fused-ring (bicyclic) bond motifs is 1. The number of para-hydroxylation sites is 2. The van der Waals surface area contributed by atoms with Gasteiger partial charge in [-0.25, -0.2) is 0 Å². The van der Waals surface area contributed by atoms with Crippen LogP contribution in [0.5, 0.6) is 0 Å². The van der Waals surface area contributed by atoms with Gasteiger partial charge in [-0.05, 0) is 36.6 Å². The Hall–Kier alpha value is -3.38. The quantitative estimate of drug-likeness (QED) is 0.421. The molecule has 6 heteroatoms. The van der Waals surface area contributed by atoms with Crippen LogP contribution in [0.4, 0.5) is 5.69 Å². The Morgan fingerprint density at radius 3 is 2.39 bits per heavy atom. The van der Waals surface area contributed by atoms with Gasteiger partial charge in [0.05, 0.1) is 5.75 Å². The third kappa shape index (κ3) is 3.99. The fourth-order valence-corrected chi connectivity index (χ4v) is 4.77. The third-order valence-corrected chi connectivity index (χ3v) is 6.33. The first-order valence-corrected chi connectivity index (χ1v) is 11.4. The van der Waals surface area contributed by atoms with Gasteiger partial charge in [0.2, 0.25) is 5.91 Å². The predicted molar refractivity (Wildman–Crippen MR) is 125 cm³/mol. The van der Waals surface area contributed by atoms with E-state index < -0.39 is 0 Å². The summed E-state index contributed by atoms with van der Waals surface area (Å²) in [6.45, 7) is 0.761. The van der Waals surface area contributed by atoms with Crippen molar-refractivity contribution in [3.05, 3.63) is 90.5 Å². The van der Waals surface area contributed by atoms with Gasteiger partial charge < -0.3 is 4.90 Å². The molecule has 0 bridgehead atoms. The van der Waals surface area contributed by atoms with Crippen molar-refractivity contribution in [2.24, 2.45) is 0 Å². The molecule has 0 saturated carbocycles. The van der Waals surface area contributed by atoms with Gasteiger partial charge in [0.1, 0.15) is 0 Å². The summed E-state index contributed by atoms with van der Waals surface area (Å²) < 4.78 is 2.03. The Labute approximate surface area is 185 Å². The van der Waals surface area contributed by atoms with E-state index in [0.29, 0.717) is 10.9 Å². The molecule has 0 N–H and O–H groups in total. The van der Waals surface area contributed by atoms with E-state index in [1.807, 2.05) is 88.3 Å². The van der Waals surface area contributed by atoms with E-state index in [2.05, 4.69) is 16.3 Å². The average molecular weight is 427 g/mol. The summed E-state index contributed by atoms with van der Waals surface area (Å²) in [5.74, 6) is 1.18. The van der Waals surface area contributed by atoms with Crippen LogP contribution >= 0.6 is 11.8 Å². The highest BCUT2D eigenvalue weighted by atomic mass is 32.2. The summed E-state index contributed by atoms with van der Waals surface area (Å²) in [5.41, 5.74) is 4.24. The molecule has 154 valence electrons. The standard InChI is InChI=1S/C25H22N4OS/c30-23(28-17-9-13-19-10-7-8-16-22(19)28)18-31-25-27-26-24(20-11-3-1-4-12-20)29(25)21-14-5-2-6-15-21/h1-8,10-12,14-16H,9,13,17-18H2. The summed E-state index contributed by atoms with van der Waals surface area (Å²) in [5, 5.41) is 9.60. The fraction of sp³-hybridized carbons (Fsp3) is 0.160. The third-order valence-electron chi connectivity index (χ3n) is 5.42. The van der Waals surface area contributed by atoms with Crippen LogP contribution in [0, 0.1) is 0 Å². The van der Waals surface area contributed by atoms with Crippen molar-refractivity contribution in [1.82, 2.24) is 14.8 Å². The lowest BCUT2D eigenvalue weighted by Gasteiger charge is -2.29. The molecule has 1 aromatic heterocycles. The molecule has 0 atom stereocenters. The van der Waals surface area contributed by atoms with Gasteiger partial charge in [0.25, 0.3) is 0 Å². The Balaban J connectivity index is 1.43. The number of amides is 1. The normalized spacial score (nSPS) is 13.1. The molecular weight excluding hydrogens is 404 g/mol.